The lowest BCUT2D eigenvalue weighted by molar-refractivity contribution is -0.122. The van der Waals surface area contributed by atoms with Crippen molar-refractivity contribution >= 4 is 34.0 Å². The van der Waals surface area contributed by atoms with Crippen molar-refractivity contribution in [1.29, 1.82) is 0 Å². The summed E-state index contributed by atoms with van der Waals surface area (Å²) < 4.78 is 5.62. The molecule has 0 saturated carbocycles. The predicted octanol–water partition coefficient (Wildman–Crippen LogP) is 4.90. The van der Waals surface area contributed by atoms with Crippen molar-refractivity contribution < 1.29 is 9.53 Å². The van der Waals surface area contributed by atoms with Crippen molar-refractivity contribution in [3.8, 4) is 5.75 Å². The number of nitrogens with one attached hydrogen (secondary N) is 1. The number of halogens is 1. The molecule has 0 aromatic heterocycles. The average Bonchev–Trinajstić information content (AvgIpc) is 2.56. The van der Waals surface area contributed by atoms with Gasteiger partial charge in [-0.2, -0.15) is 0 Å². The fourth-order valence-corrected chi connectivity index (χ4v) is 2.48. The first-order valence-electron chi connectivity index (χ1n) is 7.34. The molecule has 0 heterocycles. The van der Waals surface area contributed by atoms with Gasteiger partial charge in [-0.15, -0.1) is 0 Å². The summed E-state index contributed by atoms with van der Waals surface area (Å²) in [4.78, 5) is 12.3. The third kappa shape index (κ3) is 3.63. The van der Waals surface area contributed by atoms with Crippen LogP contribution in [0.3, 0.4) is 0 Å². The Labute approximate surface area is 139 Å². The van der Waals surface area contributed by atoms with Gasteiger partial charge in [-0.3, -0.25) is 4.79 Å². The fraction of sp³-hybridized carbons (Fsp3) is 0.105. The maximum Gasteiger partial charge on any atom is 0.265 e. The molecular formula is C19H16ClNO2. The standard InChI is InChI=1S/C19H16ClNO2/c1-13(23-18-9-5-4-8-17(18)20)19(22)21-16-11-10-14-6-2-3-7-15(14)12-16/h2-13H,1H3,(H,21,22). The monoisotopic (exact) mass is 325 g/mol. The van der Waals surface area contributed by atoms with E-state index in [0.29, 0.717) is 10.8 Å². The van der Waals surface area contributed by atoms with E-state index in [1.165, 1.54) is 0 Å². The summed E-state index contributed by atoms with van der Waals surface area (Å²) in [5.41, 5.74) is 0.739. The van der Waals surface area contributed by atoms with Crippen LogP contribution in [0.1, 0.15) is 6.92 Å². The van der Waals surface area contributed by atoms with Gasteiger partial charge in [-0.25, -0.2) is 0 Å². The molecule has 0 bridgehead atoms. The number of ether oxygens (including phenoxy) is 1. The van der Waals surface area contributed by atoms with Gasteiger partial charge in [0, 0.05) is 5.69 Å². The van der Waals surface area contributed by atoms with Crippen molar-refractivity contribution in [2.45, 2.75) is 13.0 Å². The largest absolute Gasteiger partial charge is 0.479 e. The minimum absolute atomic E-state index is 0.222. The van der Waals surface area contributed by atoms with Crippen molar-refractivity contribution in [2.75, 3.05) is 5.32 Å². The molecule has 0 aliphatic carbocycles. The van der Waals surface area contributed by atoms with Gasteiger partial charge in [0.25, 0.3) is 5.91 Å². The molecule has 3 aromatic carbocycles. The first kappa shape index (κ1) is 15.4. The molecule has 4 heteroatoms. The maximum atomic E-state index is 12.3. The van der Waals surface area contributed by atoms with Crippen LogP contribution < -0.4 is 10.1 Å². The van der Waals surface area contributed by atoms with Crippen molar-refractivity contribution in [2.24, 2.45) is 0 Å². The van der Waals surface area contributed by atoms with Crippen LogP contribution in [0.25, 0.3) is 10.8 Å². The maximum absolute atomic E-state index is 12.3. The lowest BCUT2D eigenvalue weighted by atomic mass is 10.1. The summed E-state index contributed by atoms with van der Waals surface area (Å²) in [5, 5.41) is 5.56. The van der Waals surface area contributed by atoms with E-state index in [9.17, 15) is 4.79 Å². The molecular weight excluding hydrogens is 310 g/mol. The molecule has 0 aliphatic rings. The Kier molecular flexibility index (Phi) is 4.49. The second-order valence-electron chi connectivity index (χ2n) is 5.24. The van der Waals surface area contributed by atoms with Gasteiger partial charge in [0.15, 0.2) is 6.10 Å². The highest BCUT2D eigenvalue weighted by atomic mass is 35.5. The molecule has 0 spiro atoms. The summed E-state index contributed by atoms with van der Waals surface area (Å²) >= 11 is 6.04. The van der Waals surface area contributed by atoms with Crippen molar-refractivity contribution in [3.05, 3.63) is 71.8 Å². The zero-order valence-electron chi connectivity index (χ0n) is 12.6. The molecule has 3 nitrogen and oxygen atoms in total. The van der Waals surface area contributed by atoms with Gasteiger partial charge in [-0.05, 0) is 42.0 Å². The SMILES string of the molecule is CC(Oc1ccccc1Cl)C(=O)Nc1ccc2ccccc2c1. The number of hydrogen-bond donors (Lipinski definition) is 1. The second-order valence-corrected chi connectivity index (χ2v) is 5.65. The van der Waals surface area contributed by atoms with Crippen LogP contribution in [0.15, 0.2) is 66.7 Å². The Balaban J connectivity index is 1.71. The first-order valence-corrected chi connectivity index (χ1v) is 7.72. The van der Waals surface area contributed by atoms with Crippen molar-refractivity contribution in [3.63, 3.8) is 0 Å². The molecule has 116 valence electrons. The third-order valence-corrected chi connectivity index (χ3v) is 3.84. The quantitative estimate of drug-likeness (QED) is 0.741. The van der Waals surface area contributed by atoms with E-state index in [0.717, 1.165) is 16.5 Å². The number of para-hydroxylation sites is 1. The molecule has 1 atom stereocenters. The third-order valence-electron chi connectivity index (χ3n) is 3.53. The minimum Gasteiger partial charge on any atom is -0.479 e. The van der Waals surface area contributed by atoms with E-state index in [1.54, 1.807) is 19.1 Å². The Bertz CT molecular complexity index is 847. The van der Waals surface area contributed by atoms with E-state index >= 15 is 0 Å². The number of hydrogen-bond acceptors (Lipinski definition) is 2. The molecule has 3 aromatic rings. The van der Waals surface area contributed by atoms with Gasteiger partial charge in [-0.1, -0.05) is 54.1 Å². The Morgan fingerprint density at radius 1 is 1.00 bits per heavy atom. The van der Waals surface area contributed by atoms with E-state index < -0.39 is 6.10 Å². The van der Waals surface area contributed by atoms with Gasteiger partial charge < -0.3 is 10.1 Å². The van der Waals surface area contributed by atoms with E-state index in [-0.39, 0.29) is 5.91 Å². The second kappa shape index (κ2) is 6.71. The molecule has 23 heavy (non-hydrogen) atoms. The Hall–Kier alpha value is -2.52. The van der Waals surface area contributed by atoms with Crippen LogP contribution in [0.4, 0.5) is 5.69 Å². The summed E-state index contributed by atoms with van der Waals surface area (Å²) in [7, 11) is 0. The van der Waals surface area contributed by atoms with Gasteiger partial charge in [0.2, 0.25) is 0 Å². The fourth-order valence-electron chi connectivity index (χ4n) is 2.30. The molecule has 1 amide bonds. The van der Waals surface area contributed by atoms with Crippen LogP contribution in [0, 0.1) is 0 Å². The molecule has 3 rings (SSSR count). The number of rotatable bonds is 4. The van der Waals surface area contributed by atoms with Gasteiger partial charge >= 0.3 is 0 Å². The highest BCUT2D eigenvalue weighted by Crippen LogP contribution is 2.25. The first-order chi connectivity index (χ1) is 11.1. The molecule has 1 unspecified atom stereocenters. The van der Waals surface area contributed by atoms with Crippen LogP contribution in [-0.2, 0) is 4.79 Å². The van der Waals surface area contributed by atoms with E-state index in [1.807, 2.05) is 54.6 Å². The van der Waals surface area contributed by atoms with Crippen LogP contribution >= 0.6 is 11.6 Å². The van der Waals surface area contributed by atoms with Crippen LogP contribution in [-0.4, -0.2) is 12.0 Å². The topological polar surface area (TPSA) is 38.3 Å². The summed E-state index contributed by atoms with van der Waals surface area (Å²) in [6.45, 7) is 1.69. The molecule has 0 aliphatic heterocycles. The van der Waals surface area contributed by atoms with Gasteiger partial charge in [0.1, 0.15) is 5.75 Å². The summed E-state index contributed by atoms with van der Waals surface area (Å²) in [5.74, 6) is 0.274. The van der Waals surface area contributed by atoms with E-state index in [2.05, 4.69) is 5.32 Å². The highest BCUT2D eigenvalue weighted by molar-refractivity contribution is 6.32. The van der Waals surface area contributed by atoms with Crippen LogP contribution in [0.2, 0.25) is 5.02 Å². The molecule has 0 radical (unpaired) electrons. The molecule has 0 saturated heterocycles. The normalized spacial score (nSPS) is 11.9. The number of benzene rings is 3. The summed E-state index contributed by atoms with van der Waals surface area (Å²) in [6.07, 6.45) is -0.652. The Morgan fingerprint density at radius 3 is 2.48 bits per heavy atom. The molecule has 1 N–H and O–H groups in total. The smallest absolute Gasteiger partial charge is 0.265 e. The zero-order chi connectivity index (χ0) is 16.2. The number of anilines is 1. The highest BCUT2D eigenvalue weighted by Gasteiger charge is 2.16. The average molecular weight is 326 g/mol. The molecule has 0 fully saturated rings. The van der Waals surface area contributed by atoms with Crippen molar-refractivity contribution in [1.82, 2.24) is 0 Å². The number of fused-ring (bicyclic) bond motifs is 1. The van der Waals surface area contributed by atoms with Gasteiger partial charge in [0.05, 0.1) is 5.02 Å². The Morgan fingerprint density at radius 2 is 1.70 bits per heavy atom. The minimum atomic E-state index is -0.652. The number of amides is 1. The predicted molar refractivity (Wildman–Crippen MR) is 94.1 cm³/mol. The van der Waals surface area contributed by atoms with Crippen LogP contribution in [0.5, 0.6) is 5.75 Å². The lowest BCUT2D eigenvalue weighted by Crippen LogP contribution is -2.30. The number of carbonyl (C=O) groups is 1. The van der Waals surface area contributed by atoms with E-state index in [4.69, 9.17) is 16.3 Å². The lowest BCUT2D eigenvalue weighted by Gasteiger charge is -2.15. The zero-order valence-corrected chi connectivity index (χ0v) is 13.4. The summed E-state index contributed by atoms with van der Waals surface area (Å²) in [6, 6.07) is 20.9. The number of carbonyl (C=O) groups excluding carboxylic acids is 1.